The van der Waals surface area contributed by atoms with Gasteiger partial charge in [-0.3, -0.25) is 4.79 Å². The van der Waals surface area contributed by atoms with Crippen LogP contribution in [-0.4, -0.2) is 45.0 Å². The monoisotopic (exact) mass is 316 g/mol. The van der Waals surface area contributed by atoms with Crippen molar-refractivity contribution < 1.29 is 13.2 Å². The topological polar surface area (TPSA) is 75.3 Å². The van der Waals surface area contributed by atoms with E-state index in [0.717, 1.165) is 19.3 Å². The van der Waals surface area contributed by atoms with Gasteiger partial charge in [0.05, 0.1) is 0 Å². The van der Waals surface area contributed by atoms with E-state index < -0.39 is 14.6 Å². The molecule has 0 aromatic carbocycles. The smallest absolute Gasteiger partial charge is 0.241 e. The summed E-state index contributed by atoms with van der Waals surface area (Å²) in [5, 5.41) is 6.13. The van der Waals surface area contributed by atoms with Crippen molar-refractivity contribution in [2.24, 2.45) is 5.41 Å². The number of piperidine rings is 1. The van der Waals surface area contributed by atoms with Crippen LogP contribution in [0, 0.1) is 5.41 Å². The van der Waals surface area contributed by atoms with Crippen LogP contribution in [-0.2, 0) is 14.6 Å². The summed E-state index contributed by atoms with van der Waals surface area (Å²) in [6.45, 7) is 3.94. The van der Waals surface area contributed by atoms with Crippen LogP contribution in [0.2, 0.25) is 0 Å². The van der Waals surface area contributed by atoms with Crippen LogP contribution in [0.25, 0.3) is 0 Å². The zero-order valence-corrected chi connectivity index (χ0v) is 14.0. The van der Waals surface area contributed by atoms with Gasteiger partial charge in [-0.25, -0.2) is 8.42 Å². The number of amides is 1. The molecule has 1 aliphatic carbocycles. The van der Waals surface area contributed by atoms with Crippen molar-refractivity contribution in [2.75, 3.05) is 25.9 Å². The Bertz CT molecular complexity index is 475. The van der Waals surface area contributed by atoms with Crippen LogP contribution in [0.1, 0.15) is 51.9 Å². The van der Waals surface area contributed by atoms with E-state index in [2.05, 4.69) is 17.6 Å². The second-order valence-corrected chi connectivity index (χ2v) is 9.09. The van der Waals surface area contributed by atoms with Gasteiger partial charge >= 0.3 is 0 Å². The molecule has 1 saturated carbocycles. The Hall–Kier alpha value is -0.620. The molecule has 2 aliphatic rings. The highest BCUT2D eigenvalue weighted by molar-refractivity contribution is 7.92. The largest absolute Gasteiger partial charge is 0.354 e. The SMILES string of the molecule is CCC1(CNC(=O)C2(S(C)(=O)=O)CCNCC2)CCCC1. The Balaban J connectivity index is 2.09. The molecule has 1 amide bonds. The number of hydrogen-bond donors (Lipinski definition) is 2. The van der Waals surface area contributed by atoms with Crippen LogP contribution >= 0.6 is 0 Å². The Kier molecular flexibility index (Phi) is 4.98. The van der Waals surface area contributed by atoms with Crippen molar-refractivity contribution in [3.63, 3.8) is 0 Å². The van der Waals surface area contributed by atoms with Crippen molar-refractivity contribution in [1.29, 1.82) is 0 Å². The summed E-state index contributed by atoms with van der Waals surface area (Å²) in [6, 6.07) is 0. The Labute approximate surface area is 128 Å². The summed E-state index contributed by atoms with van der Waals surface area (Å²) in [5.74, 6) is -0.286. The van der Waals surface area contributed by atoms with Gasteiger partial charge in [-0.15, -0.1) is 0 Å². The molecular formula is C15H28N2O3S. The van der Waals surface area contributed by atoms with Crippen molar-refractivity contribution in [2.45, 2.75) is 56.6 Å². The first-order valence-electron chi connectivity index (χ1n) is 8.04. The molecule has 0 radical (unpaired) electrons. The Morgan fingerprint density at radius 1 is 1.14 bits per heavy atom. The molecule has 1 saturated heterocycles. The van der Waals surface area contributed by atoms with E-state index >= 15 is 0 Å². The van der Waals surface area contributed by atoms with E-state index in [9.17, 15) is 13.2 Å². The van der Waals surface area contributed by atoms with Gasteiger partial charge in [-0.05, 0) is 50.6 Å². The fraction of sp³-hybridized carbons (Fsp3) is 0.933. The van der Waals surface area contributed by atoms with Crippen molar-refractivity contribution in [3.05, 3.63) is 0 Å². The predicted molar refractivity (Wildman–Crippen MR) is 83.9 cm³/mol. The van der Waals surface area contributed by atoms with Crippen molar-refractivity contribution >= 4 is 15.7 Å². The zero-order chi connectivity index (χ0) is 15.6. The number of rotatable bonds is 5. The van der Waals surface area contributed by atoms with Gasteiger partial charge in [-0.1, -0.05) is 19.8 Å². The van der Waals surface area contributed by atoms with Gasteiger partial charge in [-0.2, -0.15) is 0 Å². The molecule has 2 N–H and O–H groups in total. The van der Waals surface area contributed by atoms with E-state index in [-0.39, 0.29) is 11.3 Å². The van der Waals surface area contributed by atoms with Crippen LogP contribution in [0.15, 0.2) is 0 Å². The molecule has 0 unspecified atom stereocenters. The summed E-state index contributed by atoms with van der Waals surface area (Å²) < 4.78 is 23.2. The highest BCUT2D eigenvalue weighted by Gasteiger charge is 2.49. The lowest BCUT2D eigenvalue weighted by molar-refractivity contribution is -0.124. The van der Waals surface area contributed by atoms with Crippen LogP contribution in [0.5, 0.6) is 0 Å². The molecule has 6 heteroatoms. The summed E-state index contributed by atoms with van der Waals surface area (Å²) in [7, 11) is -3.41. The average Bonchev–Trinajstić information content (AvgIpc) is 2.94. The summed E-state index contributed by atoms with van der Waals surface area (Å²) >= 11 is 0. The van der Waals surface area contributed by atoms with Gasteiger partial charge in [0.15, 0.2) is 14.6 Å². The normalized spacial score (nSPS) is 24.7. The molecular weight excluding hydrogens is 288 g/mol. The fourth-order valence-corrected chi connectivity index (χ4v) is 5.16. The van der Waals surface area contributed by atoms with Crippen LogP contribution in [0.4, 0.5) is 0 Å². The highest BCUT2D eigenvalue weighted by Crippen LogP contribution is 2.40. The van der Waals surface area contributed by atoms with E-state index in [4.69, 9.17) is 0 Å². The third-order valence-corrected chi connectivity index (χ3v) is 7.59. The summed E-state index contributed by atoms with van der Waals surface area (Å²) in [5.41, 5.74) is 0.182. The van der Waals surface area contributed by atoms with E-state index in [0.29, 0.717) is 32.5 Å². The minimum absolute atomic E-state index is 0.182. The number of hydrogen-bond acceptors (Lipinski definition) is 4. The Morgan fingerprint density at radius 2 is 1.71 bits per heavy atom. The average molecular weight is 316 g/mol. The molecule has 0 aromatic rings. The van der Waals surface area contributed by atoms with Crippen LogP contribution < -0.4 is 10.6 Å². The number of sulfone groups is 1. The first kappa shape index (κ1) is 16.7. The lowest BCUT2D eigenvalue weighted by atomic mass is 9.83. The second-order valence-electron chi connectivity index (χ2n) is 6.76. The maximum Gasteiger partial charge on any atom is 0.241 e. The van der Waals surface area contributed by atoms with E-state index in [1.807, 2.05) is 0 Å². The third-order valence-electron chi connectivity index (χ3n) is 5.57. The Morgan fingerprint density at radius 3 is 2.19 bits per heavy atom. The van der Waals surface area contributed by atoms with Gasteiger partial charge in [0.25, 0.3) is 0 Å². The van der Waals surface area contributed by atoms with Crippen LogP contribution in [0.3, 0.4) is 0 Å². The maximum absolute atomic E-state index is 12.7. The van der Waals surface area contributed by atoms with Crippen molar-refractivity contribution in [1.82, 2.24) is 10.6 Å². The van der Waals surface area contributed by atoms with Crippen molar-refractivity contribution in [3.8, 4) is 0 Å². The molecule has 21 heavy (non-hydrogen) atoms. The van der Waals surface area contributed by atoms with Gasteiger partial charge in [0.1, 0.15) is 0 Å². The molecule has 2 fully saturated rings. The molecule has 1 aliphatic heterocycles. The molecule has 0 bridgehead atoms. The molecule has 122 valence electrons. The maximum atomic E-state index is 12.7. The molecule has 0 spiro atoms. The minimum Gasteiger partial charge on any atom is -0.354 e. The second kappa shape index (κ2) is 6.24. The molecule has 1 heterocycles. The summed E-state index contributed by atoms with van der Waals surface area (Å²) in [6.07, 6.45) is 7.68. The fourth-order valence-electron chi connectivity index (χ4n) is 3.81. The van der Waals surface area contributed by atoms with E-state index in [1.165, 1.54) is 19.1 Å². The van der Waals surface area contributed by atoms with Gasteiger partial charge in [0.2, 0.25) is 5.91 Å². The van der Waals surface area contributed by atoms with E-state index in [1.54, 1.807) is 0 Å². The highest BCUT2D eigenvalue weighted by atomic mass is 32.2. The van der Waals surface area contributed by atoms with Gasteiger partial charge in [0, 0.05) is 12.8 Å². The summed E-state index contributed by atoms with van der Waals surface area (Å²) in [4.78, 5) is 12.7. The zero-order valence-electron chi connectivity index (χ0n) is 13.2. The molecule has 0 aromatic heterocycles. The number of carbonyl (C=O) groups excluding carboxylic acids is 1. The lowest BCUT2D eigenvalue weighted by Crippen LogP contribution is -2.58. The third kappa shape index (κ3) is 3.26. The first-order chi connectivity index (χ1) is 9.85. The first-order valence-corrected chi connectivity index (χ1v) is 9.93. The number of carbonyl (C=O) groups is 1. The quantitative estimate of drug-likeness (QED) is 0.800. The number of nitrogens with one attached hydrogen (secondary N) is 2. The van der Waals surface area contributed by atoms with Gasteiger partial charge < -0.3 is 10.6 Å². The lowest BCUT2D eigenvalue weighted by Gasteiger charge is -2.36. The predicted octanol–water partition coefficient (Wildman–Crippen LogP) is 1.24. The molecule has 0 atom stereocenters. The molecule has 2 rings (SSSR count). The molecule has 5 nitrogen and oxygen atoms in total. The standard InChI is InChI=1S/C15H28N2O3S/c1-3-14(6-4-5-7-14)12-17-13(18)15(21(2,19)20)8-10-16-11-9-15/h16H,3-12H2,1-2H3,(H,17,18). The minimum atomic E-state index is -3.41.